The highest BCUT2D eigenvalue weighted by molar-refractivity contribution is 6.35. The van der Waals surface area contributed by atoms with Crippen molar-refractivity contribution in [3.05, 3.63) is 76.1 Å². The Hall–Kier alpha value is -3.34. The lowest BCUT2D eigenvalue weighted by Gasteiger charge is -2.37. The third-order valence-corrected chi connectivity index (χ3v) is 6.47. The number of nitriles is 1. The zero-order valence-corrected chi connectivity index (χ0v) is 19.0. The molecule has 5 rings (SSSR count). The molecule has 2 aliphatic rings. The number of ether oxygens (including phenoxy) is 2. The Bertz CT molecular complexity index is 1240. The molecular weight excluding hydrogens is 440 g/mol. The molecule has 7 nitrogen and oxygen atoms in total. The monoisotopic (exact) mass is 462 g/mol. The van der Waals surface area contributed by atoms with Gasteiger partial charge in [0.2, 0.25) is 0 Å². The SMILES string of the molecule is CC1(COc2ccc(C#N)c(Cl)c2C(=O)N2CCc3nn(-c4ccccc4)cc3C2)COC1. The van der Waals surface area contributed by atoms with E-state index in [9.17, 15) is 10.1 Å². The maximum Gasteiger partial charge on any atom is 0.259 e. The molecule has 8 heteroatoms. The van der Waals surface area contributed by atoms with Crippen LogP contribution in [0, 0.1) is 16.7 Å². The Labute approximate surface area is 197 Å². The van der Waals surface area contributed by atoms with Crippen LogP contribution in [0.5, 0.6) is 5.75 Å². The lowest BCUT2D eigenvalue weighted by atomic mass is 9.90. The lowest BCUT2D eigenvalue weighted by Crippen LogP contribution is -2.44. The Morgan fingerprint density at radius 2 is 2.06 bits per heavy atom. The lowest BCUT2D eigenvalue weighted by molar-refractivity contribution is -0.120. The van der Waals surface area contributed by atoms with Crippen LogP contribution in [0.4, 0.5) is 0 Å². The second kappa shape index (κ2) is 8.54. The van der Waals surface area contributed by atoms with Crippen LogP contribution in [0.3, 0.4) is 0 Å². The van der Waals surface area contributed by atoms with Gasteiger partial charge in [-0.05, 0) is 24.3 Å². The van der Waals surface area contributed by atoms with Gasteiger partial charge in [-0.25, -0.2) is 4.68 Å². The van der Waals surface area contributed by atoms with Crippen LogP contribution in [0.25, 0.3) is 5.69 Å². The summed E-state index contributed by atoms with van der Waals surface area (Å²) >= 11 is 6.52. The van der Waals surface area contributed by atoms with Crippen LogP contribution < -0.4 is 4.74 Å². The van der Waals surface area contributed by atoms with E-state index in [4.69, 9.17) is 26.2 Å². The first-order valence-electron chi connectivity index (χ1n) is 10.8. The van der Waals surface area contributed by atoms with Crippen molar-refractivity contribution < 1.29 is 14.3 Å². The number of nitrogens with zero attached hydrogens (tertiary/aromatic N) is 4. The van der Waals surface area contributed by atoms with Crippen LogP contribution in [0.15, 0.2) is 48.7 Å². The summed E-state index contributed by atoms with van der Waals surface area (Å²) in [5.41, 5.74) is 3.34. The van der Waals surface area contributed by atoms with Gasteiger partial charge in [0.1, 0.15) is 17.4 Å². The predicted octanol–water partition coefficient (Wildman–Crippen LogP) is 4.01. The number of halogens is 1. The van der Waals surface area contributed by atoms with Gasteiger partial charge < -0.3 is 14.4 Å². The molecule has 0 bridgehead atoms. The van der Waals surface area contributed by atoms with Crippen molar-refractivity contribution in [2.24, 2.45) is 5.41 Å². The molecule has 0 spiro atoms. The smallest absolute Gasteiger partial charge is 0.259 e. The summed E-state index contributed by atoms with van der Waals surface area (Å²) < 4.78 is 13.2. The third-order valence-electron chi connectivity index (χ3n) is 6.08. The van der Waals surface area contributed by atoms with E-state index in [-0.39, 0.29) is 27.5 Å². The minimum Gasteiger partial charge on any atom is -0.492 e. The van der Waals surface area contributed by atoms with Gasteiger partial charge in [-0.15, -0.1) is 0 Å². The molecule has 2 aromatic carbocycles. The summed E-state index contributed by atoms with van der Waals surface area (Å²) in [6, 6.07) is 15.2. The molecule has 1 amide bonds. The molecule has 0 radical (unpaired) electrons. The van der Waals surface area contributed by atoms with Gasteiger partial charge in [-0.3, -0.25) is 4.79 Å². The average Bonchev–Trinajstić information content (AvgIpc) is 3.25. The molecule has 0 aliphatic carbocycles. The summed E-state index contributed by atoms with van der Waals surface area (Å²) in [7, 11) is 0. The van der Waals surface area contributed by atoms with Crippen LogP contribution in [0.1, 0.15) is 34.1 Å². The second-order valence-electron chi connectivity index (χ2n) is 8.86. The van der Waals surface area contributed by atoms with E-state index in [1.165, 1.54) is 0 Å². The topological polar surface area (TPSA) is 80.4 Å². The first kappa shape index (κ1) is 21.5. The average molecular weight is 463 g/mol. The van der Waals surface area contributed by atoms with Gasteiger partial charge in [0, 0.05) is 36.7 Å². The van der Waals surface area contributed by atoms with Crippen molar-refractivity contribution in [2.45, 2.75) is 19.9 Å². The number of aromatic nitrogens is 2. The minimum absolute atomic E-state index is 0.0905. The number of amides is 1. The number of rotatable bonds is 5. The van der Waals surface area contributed by atoms with Crippen LogP contribution in [-0.2, 0) is 17.7 Å². The third kappa shape index (κ3) is 4.08. The molecule has 33 heavy (non-hydrogen) atoms. The number of fused-ring (bicyclic) bond motifs is 1. The second-order valence-corrected chi connectivity index (χ2v) is 9.24. The molecule has 0 atom stereocenters. The Balaban J connectivity index is 1.41. The molecule has 0 unspecified atom stereocenters. The number of benzene rings is 2. The van der Waals surface area contributed by atoms with Gasteiger partial charge in [-0.1, -0.05) is 36.7 Å². The van der Waals surface area contributed by atoms with Crippen molar-refractivity contribution in [3.63, 3.8) is 0 Å². The quantitative estimate of drug-likeness (QED) is 0.572. The summed E-state index contributed by atoms with van der Waals surface area (Å²) in [5, 5.41) is 14.3. The summed E-state index contributed by atoms with van der Waals surface area (Å²) in [6.07, 6.45) is 2.61. The van der Waals surface area contributed by atoms with E-state index in [1.807, 2.05) is 41.2 Å². The van der Waals surface area contributed by atoms with E-state index < -0.39 is 0 Å². The highest BCUT2D eigenvalue weighted by Crippen LogP contribution is 2.35. The van der Waals surface area contributed by atoms with Crippen molar-refractivity contribution in [2.75, 3.05) is 26.4 Å². The van der Waals surface area contributed by atoms with Gasteiger partial charge in [0.05, 0.1) is 41.8 Å². The highest BCUT2D eigenvalue weighted by Gasteiger charge is 2.35. The van der Waals surface area contributed by atoms with Gasteiger partial charge in [0.15, 0.2) is 0 Å². The van der Waals surface area contributed by atoms with Gasteiger partial charge in [0.25, 0.3) is 5.91 Å². The fourth-order valence-corrected chi connectivity index (χ4v) is 4.39. The molecule has 0 N–H and O–H groups in total. The maximum absolute atomic E-state index is 13.6. The van der Waals surface area contributed by atoms with E-state index in [1.54, 1.807) is 17.0 Å². The fourth-order valence-electron chi connectivity index (χ4n) is 4.11. The van der Waals surface area contributed by atoms with Crippen molar-refractivity contribution in [1.29, 1.82) is 5.26 Å². The molecular formula is C25H23ClN4O3. The highest BCUT2D eigenvalue weighted by atomic mass is 35.5. The number of carbonyl (C=O) groups excluding carboxylic acids is 1. The van der Waals surface area contributed by atoms with E-state index in [2.05, 4.69) is 13.0 Å². The van der Waals surface area contributed by atoms with Crippen LogP contribution in [0.2, 0.25) is 5.02 Å². The van der Waals surface area contributed by atoms with Crippen molar-refractivity contribution in [3.8, 4) is 17.5 Å². The summed E-state index contributed by atoms with van der Waals surface area (Å²) in [6.45, 7) is 4.62. The first-order chi connectivity index (χ1) is 16.0. The zero-order valence-electron chi connectivity index (χ0n) is 18.3. The number of hydrogen-bond donors (Lipinski definition) is 0. The minimum atomic E-state index is -0.250. The number of hydrogen-bond acceptors (Lipinski definition) is 5. The van der Waals surface area contributed by atoms with E-state index in [0.717, 1.165) is 16.9 Å². The van der Waals surface area contributed by atoms with Gasteiger partial charge >= 0.3 is 0 Å². The predicted molar refractivity (Wildman–Crippen MR) is 123 cm³/mol. The van der Waals surface area contributed by atoms with E-state index in [0.29, 0.717) is 45.1 Å². The van der Waals surface area contributed by atoms with E-state index >= 15 is 0 Å². The number of carbonyl (C=O) groups is 1. The molecule has 0 saturated carbocycles. The van der Waals surface area contributed by atoms with Crippen molar-refractivity contribution in [1.82, 2.24) is 14.7 Å². The maximum atomic E-state index is 13.6. The molecule has 3 heterocycles. The fraction of sp³-hybridized carbons (Fsp3) is 0.320. The normalized spacial score (nSPS) is 16.5. The molecule has 1 saturated heterocycles. The van der Waals surface area contributed by atoms with Gasteiger partial charge in [-0.2, -0.15) is 10.4 Å². The Morgan fingerprint density at radius 1 is 1.27 bits per heavy atom. The molecule has 1 fully saturated rings. The Kier molecular flexibility index (Phi) is 5.57. The molecule has 168 valence electrons. The Morgan fingerprint density at radius 3 is 2.76 bits per heavy atom. The first-order valence-corrected chi connectivity index (χ1v) is 11.2. The van der Waals surface area contributed by atoms with Crippen LogP contribution in [-0.4, -0.2) is 47.0 Å². The summed E-state index contributed by atoms with van der Waals surface area (Å²) in [4.78, 5) is 15.3. The standard InChI is InChI=1S/C25H23ClN4O3/c1-25(14-32-15-25)16-33-21-8-7-17(11-27)23(26)22(21)24(31)29-10-9-20-18(12-29)13-30(28-20)19-5-3-2-4-6-19/h2-8,13H,9-10,12,14-16H2,1H3. The van der Waals surface area contributed by atoms with Crippen LogP contribution >= 0.6 is 11.6 Å². The molecule has 3 aromatic rings. The molecule has 2 aliphatic heterocycles. The molecule has 1 aromatic heterocycles. The van der Waals surface area contributed by atoms with Crippen molar-refractivity contribution >= 4 is 17.5 Å². The number of para-hydroxylation sites is 1. The zero-order chi connectivity index (χ0) is 23.0. The summed E-state index contributed by atoms with van der Waals surface area (Å²) in [5.74, 6) is 0.142. The largest absolute Gasteiger partial charge is 0.492 e.